The predicted octanol–water partition coefficient (Wildman–Crippen LogP) is 3.74. The highest BCUT2D eigenvalue weighted by molar-refractivity contribution is 6.31. The number of benzene rings is 1. The van der Waals surface area contributed by atoms with Gasteiger partial charge in [0.1, 0.15) is 11.9 Å². The molecule has 18 heavy (non-hydrogen) atoms. The van der Waals surface area contributed by atoms with Gasteiger partial charge in [-0.3, -0.25) is 10.1 Å². The summed E-state index contributed by atoms with van der Waals surface area (Å²) in [5.41, 5.74) is 0.811. The second-order valence-corrected chi connectivity index (χ2v) is 4.03. The summed E-state index contributed by atoms with van der Waals surface area (Å²) in [6.07, 6.45) is 1.15. The lowest BCUT2D eigenvalue weighted by molar-refractivity contribution is -0.385. The number of ether oxygens (including phenoxy) is 1. The standard InChI is InChI=1S/C12H9ClN2O3/c1-8-6-10(3-4-11(8)13)18-12-5-2-9(7-14-12)15(16)17/h2-7H,1H3. The molecule has 2 rings (SSSR count). The van der Waals surface area contributed by atoms with Crippen LogP contribution in [-0.2, 0) is 0 Å². The second-order valence-electron chi connectivity index (χ2n) is 3.62. The number of pyridine rings is 1. The van der Waals surface area contributed by atoms with E-state index in [1.165, 1.54) is 12.1 Å². The van der Waals surface area contributed by atoms with Crippen molar-refractivity contribution in [3.8, 4) is 11.6 Å². The number of hydrogen-bond acceptors (Lipinski definition) is 4. The molecule has 1 aromatic carbocycles. The van der Waals surface area contributed by atoms with E-state index in [0.29, 0.717) is 16.7 Å². The molecule has 5 nitrogen and oxygen atoms in total. The van der Waals surface area contributed by atoms with Crippen LogP contribution >= 0.6 is 11.6 Å². The van der Waals surface area contributed by atoms with Gasteiger partial charge in [-0.05, 0) is 30.7 Å². The van der Waals surface area contributed by atoms with Gasteiger partial charge in [0.15, 0.2) is 0 Å². The molecule has 0 fully saturated rings. The third-order valence-electron chi connectivity index (χ3n) is 2.28. The van der Waals surface area contributed by atoms with Crippen molar-refractivity contribution in [1.82, 2.24) is 4.98 Å². The van der Waals surface area contributed by atoms with Crippen LogP contribution in [0.15, 0.2) is 36.5 Å². The summed E-state index contributed by atoms with van der Waals surface area (Å²) in [5, 5.41) is 11.1. The summed E-state index contributed by atoms with van der Waals surface area (Å²) in [6, 6.07) is 7.98. The maximum Gasteiger partial charge on any atom is 0.287 e. The van der Waals surface area contributed by atoms with E-state index in [1.54, 1.807) is 18.2 Å². The van der Waals surface area contributed by atoms with E-state index in [0.717, 1.165) is 11.8 Å². The maximum atomic E-state index is 10.5. The SMILES string of the molecule is Cc1cc(Oc2ccc([N+](=O)[O-])cn2)ccc1Cl. The molecule has 0 aliphatic carbocycles. The molecule has 92 valence electrons. The lowest BCUT2D eigenvalue weighted by Gasteiger charge is -2.05. The summed E-state index contributed by atoms with van der Waals surface area (Å²) in [7, 11) is 0. The Bertz CT molecular complexity index is 584. The predicted molar refractivity (Wildman–Crippen MR) is 67.2 cm³/mol. The number of halogens is 1. The normalized spacial score (nSPS) is 10.1. The van der Waals surface area contributed by atoms with Gasteiger partial charge in [0.05, 0.1) is 4.92 Å². The fourth-order valence-electron chi connectivity index (χ4n) is 1.34. The Balaban J connectivity index is 2.18. The van der Waals surface area contributed by atoms with E-state index in [9.17, 15) is 10.1 Å². The summed E-state index contributed by atoms with van der Waals surface area (Å²) < 4.78 is 5.46. The molecule has 6 heteroatoms. The molecule has 0 saturated carbocycles. The lowest BCUT2D eigenvalue weighted by Crippen LogP contribution is -1.91. The van der Waals surface area contributed by atoms with Crippen LogP contribution < -0.4 is 4.74 Å². The van der Waals surface area contributed by atoms with Gasteiger partial charge >= 0.3 is 0 Å². The van der Waals surface area contributed by atoms with Gasteiger partial charge in [0.2, 0.25) is 5.88 Å². The minimum atomic E-state index is -0.511. The van der Waals surface area contributed by atoms with Crippen molar-refractivity contribution in [2.45, 2.75) is 6.92 Å². The molecular weight excluding hydrogens is 256 g/mol. The van der Waals surface area contributed by atoms with E-state index in [-0.39, 0.29) is 5.69 Å². The molecule has 0 amide bonds. The number of aryl methyl sites for hydroxylation is 1. The maximum absolute atomic E-state index is 10.5. The van der Waals surface area contributed by atoms with Gasteiger partial charge in [-0.25, -0.2) is 4.98 Å². The van der Waals surface area contributed by atoms with Crippen LogP contribution in [0.1, 0.15) is 5.56 Å². The molecule has 0 radical (unpaired) electrons. The molecule has 0 bridgehead atoms. The summed E-state index contributed by atoms with van der Waals surface area (Å²) in [6.45, 7) is 1.86. The van der Waals surface area contributed by atoms with Gasteiger partial charge in [0, 0.05) is 17.2 Å². The Morgan fingerprint density at radius 3 is 2.67 bits per heavy atom. The van der Waals surface area contributed by atoms with Crippen LogP contribution in [0.5, 0.6) is 11.6 Å². The van der Waals surface area contributed by atoms with Crippen molar-refractivity contribution < 1.29 is 9.66 Å². The van der Waals surface area contributed by atoms with E-state index < -0.39 is 4.92 Å². The average molecular weight is 265 g/mol. The molecule has 0 aliphatic rings. The Morgan fingerprint density at radius 1 is 1.33 bits per heavy atom. The van der Waals surface area contributed by atoms with Gasteiger partial charge in [-0.2, -0.15) is 0 Å². The highest BCUT2D eigenvalue weighted by Gasteiger charge is 2.06. The Labute approximate surface area is 108 Å². The van der Waals surface area contributed by atoms with Crippen molar-refractivity contribution in [3.63, 3.8) is 0 Å². The molecule has 0 unspecified atom stereocenters. The quantitative estimate of drug-likeness (QED) is 0.626. The molecule has 1 heterocycles. The van der Waals surface area contributed by atoms with Crippen LogP contribution in [-0.4, -0.2) is 9.91 Å². The van der Waals surface area contributed by atoms with Crippen molar-refractivity contribution in [2.75, 3.05) is 0 Å². The Hall–Kier alpha value is -2.14. The van der Waals surface area contributed by atoms with Gasteiger partial charge in [0.25, 0.3) is 5.69 Å². The molecule has 0 spiro atoms. The fraction of sp³-hybridized carbons (Fsp3) is 0.0833. The number of rotatable bonds is 3. The Kier molecular flexibility index (Phi) is 3.43. The molecule has 1 aromatic heterocycles. The monoisotopic (exact) mass is 264 g/mol. The van der Waals surface area contributed by atoms with Crippen molar-refractivity contribution in [1.29, 1.82) is 0 Å². The lowest BCUT2D eigenvalue weighted by atomic mass is 10.2. The molecule has 0 aliphatic heterocycles. The highest BCUT2D eigenvalue weighted by Crippen LogP contribution is 2.25. The van der Waals surface area contributed by atoms with Crippen molar-refractivity contribution >= 4 is 17.3 Å². The van der Waals surface area contributed by atoms with E-state index in [2.05, 4.69) is 4.98 Å². The van der Waals surface area contributed by atoms with Gasteiger partial charge in [-0.1, -0.05) is 11.6 Å². The van der Waals surface area contributed by atoms with E-state index >= 15 is 0 Å². The highest BCUT2D eigenvalue weighted by atomic mass is 35.5. The summed E-state index contributed by atoms with van der Waals surface area (Å²) in [4.78, 5) is 13.8. The average Bonchev–Trinajstić information content (AvgIpc) is 2.34. The third-order valence-corrected chi connectivity index (χ3v) is 2.71. The molecular formula is C12H9ClN2O3. The number of aromatic nitrogens is 1. The Morgan fingerprint density at radius 2 is 2.11 bits per heavy atom. The first-order chi connectivity index (χ1) is 8.56. The van der Waals surface area contributed by atoms with Crippen LogP contribution in [0.2, 0.25) is 5.02 Å². The first-order valence-corrected chi connectivity index (χ1v) is 5.48. The van der Waals surface area contributed by atoms with Crippen LogP contribution in [0.25, 0.3) is 0 Å². The van der Waals surface area contributed by atoms with Crippen LogP contribution in [0.3, 0.4) is 0 Å². The minimum absolute atomic E-state index is 0.0744. The topological polar surface area (TPSA) is 65.3 Å². The van der Waals surface area contributed by atoms with E-state index in [4.69, 9.17) is 16.3 Å². The third kappa shape index (κ3) is 2.75. The number of nitro groups is 1. The zero-order valence-corrected chi connectivity index (χ0v) is 10.2. The second kappa shape index (κ2) is 5.01. The summed E-state index contributed by atoms with van der Waals surface area (Å²) in [5.74, 6) is 0.876. The van der Waals surface area contributed by atoms with Crippen LogP contribution in [0, 0.1) is 17.0 Å². The first-order valence-electron chi connectivity index (χ1n) is 5.11. The largest absolute Gasteiger partial charge is 0.439 e. The zero-order valence-electron chi connectivity index (χ0n) is 9.46. The van der Waals surface area contributed by atoms with Gasteiger partial charge < -0.3 is 4.74 Å². The zero-order chi connectivity index (χ0) is 13.1. The summed E-state index contributed by atoms with van der Waals surface area (Å²) >= 11 is 5.89. The number of nitrogens with zero attached hydrogens (tertiary/aromatic N) is 2. The van der Waals surface area contributed by atoms with E-state index in [1.807, 2.05) is 6.92 Å². The molecule has 0 N–H and O–H groups in total. The first kappa shape index (κ1) is 12.3. The fourth-order valence-corrected chi connectivity index (χ4v) is 1.46. The number of hydrogen-bond donors (Lipinski definition) is 0. The molecule has 0 atom stereocenters. The smallest absolute Gasteiger partial charge is 0.287 e. The minimum Gasteiger partial charge on any atom is -0.439 e. The van der Waals surface area contributed by atoms with Crippen molar-refractivity contribution in [3.05, 3.63) is 57.2 Å². The van der Waals surface area contributed by atoms with Crippen LogP contribution in [0.4, 0.5) is 5.69 Å². The van der Waals surface area contributed by atoms with Gasteiger partial charge in [-0.15, -0.1) is 0 Å². The van der Waals surface area contributed by atoms with Crippen molar-refractivity contribution in [2.24, 2.45) is 0 Å². The molecule has 2 aromatic rings. The molecule has 0 saturated heterocycles.